The Morgan fingerprint density at radius 3 is 2.35 bits per heavy atom. The number of Topliss-reactive ketones (excluding diaryl/α,β-unsaturated/α-hetero) is 1. The molecule has 5 heteroatoms. The van der Waals surface area contributed by atoms with Crippen LogP contribution in [-0.2, 0) is 17.8 Å². The molecule has 0 heterocycles. The molecule has 1 atom stereocenters. The van der Waals surface area contributed by atoms with Crippen molar-refractivity contribution < 1.29 is 19.8 Å². The van der Waals surface area contributed by atoms with Crippen molar-refractivity contribution in [2.45, 2.75) is 25.9 Å². The van der Waals surface area contributed by atoms with Gasteiger partial charge in [0.15, 0.2) is 5.78 Å². The average molecular weight is 313 g/mol. The fourth-order valence-corrected chi connectivity index (χ4v) is 2.37. The van der Waals surface area contributed by atoms with E-state index in [9.17, 15) is 19.8 Å². The summed E-state index contributed by atoms with van der Waals surface area (Å²) in [6.45, 7) is 1.79. The lowest BCUT2D eigenvalue weighted by Crippen LogP contribution is -2.38. The molecule has 0 fully saturated rings. The highest BCUT2D eigenvalue weighted by Crippen LogP contribution is 2.13. The maximum atomic E-state index is 11.6. The van der Waals surface area contributed by atoms with Crippen LogP contribution in [0.1, 0.15) is 28.4 Å². The number of hydrogen-bond donors (Lipinski definition) is 3. The number of carbonyl (C=O) groups is 2. The number of nitrogens with one attached hydrogen (secondary N) is 1. The normalized spacial score (nSPS) is 11.9. The van der Waals surface area contributed by atoms with Crippen LogP contribution in [0, 0.1) is 0 Å². The van der Waals surface area contributed by atoms with Gasteiger partial charge in [0, 0.05) is 12.1 Å². The first-order valence-corrected chi connectivity index (χ1v) is 7.30. The van der Waals surface area contributed by atoms with Crippen LogP contribution < -0.4 is 5.32 Å². The molecule has 2 rings (SSSR count). The molecule has 0 radical (unpaired) electrons. The largest absolute Gasteiger partial charge is 0.508 e. The zero-order valence-electron chi connectivity index (χ0n) is 12.8. The average Bonchev–Trinajstić information content (AvgIpc) is 2.53. The van der Waals surface area contributed by atoms with Gasteiger partial charge < -0.3 is 10.2 Å². The van der Waals surface area contributed by atoms with Crippen LogP contribution in [0.5, 0.6) is 5.75 Å². The predicted octanol–water partition coefficient (Wildman–Crippen LogP) is 2.38. The Balaban J connectivity index is 2.07. The lowest BCUT2D eigenvalue weighted by atomic mass is 10.0. The Morgan fingerprint density at radius 2 is 1.74 bits per heavy atom. The summed E-state index contributed by atoms with van der Waals surface area (Å²) in [5.41, 5.74) is 2.17. The SMILES string of the molecule is CC(=O)c1ccccc1CN[C@@H](Cc1ccc(O)cc1)C(=O)O. The molecule has 0 bridgehead atoms. The monoisotopic (exact) mass is 313 g/mol. The molecule has 0 saturated carbocycles. The minimum absolute atomic E-state index is 0.0483. The van der Waals surface area contributed by atoms with Crippen LogP contribution in [0.2, 0.25) is 0 Å². The summed E-state index contributed by atoms with van der Waals surface area (Å²) in [6.07, 6.45) is 0.290. The molecule has 120 valence electrons. The molecule has 0 aliphatic carbocycles. The first-order chi connectivity index (χ1) is 11.0. The lowest BCUT2D eigenvalue weighted by molar-refractivity contribution is -0.139. The number of carbonyl (C=O) groups excluding carboxylic acids is 1. The van der Waals surface area contributed by atoms with Gasteiger partial charge in [0.25, 0.3) is 0 Å². The summed E-state index contributed by atoms with van der Waals surface area (Å²) in [5.74, 6) is -0.866. The summed E-state index contributed by atoms with van der Waals surface area (Å²) in [6, 6.07) is 12.8. The van der Waals surface area contributed by atoms with E-state index in [1.54, 1.807) is 24.3 Å². The zero-order chi connectivity index (χ0) is 16.8. The zero-order valence-corrected chi connectivity index (χ0v) is 12.8. The van der Waals surface area contributed by atoms with Crippen LogP contribution in [0.15, 0.2) is 48.5 Å². The van der Waals surface area contributed by atoms with E-state index in [1.165, 1.54) is 19.1 Å². The number of aliphatic carboxylic acids is 1. The number of phenolic OH excluding ortho intramolecular Hbond substituents is 1. The number of rotatable bonds is 7. The number of carboxylic acids is 1. The van der Waals surface area contributed by atoms with Crippen LogP contribution in [0.3, 0.4) is 0 Å². The van der Waals surface area contributed by atoms with Gasteiger partial charge in [0.05, 0.1) is 0 Å². The van der Waals surface area contributed by atoms with E-state index in [-0.39, 0.29) is 18.0 Å². The van der Waals surface area contributed by atoms with Crippen molar-refractivity contribution in [2.75, 3.05) is 0 Å². The summed E-state index contributed by atoms with van der Waals surface area (Å²) >= 11 is 0. The molecule has 0 unspecified atom stereocenters. The Kier molecular flexibility index (Phi) is 5.49. The summed E-state index contributed by atoms with van der Waals surface area (Å²) in [4.78, 5) is 23.0. The maximum Gasteiger partial charge on any atom is 0.321 e. The van der Waals surface area contributed by atoms with E-state index in [0.29, 0.717) is 12.1 Å². The van der Waals surface area contributed by atoms with Crippen molar-refractivity contribution in [3.63, 3.8) is 0 Å². The van der Waals surface area contributed by atoms with Crippen molar-refractivity contribution in [2.24, 2.45) is 0 Å². The van der Waals surface area contributed by atoms with E-state index < -0.39 is 12.0 Å². The van der Waals surface area contributed by atoms with Crippen LogP contribution in [0.25, 0.3) is 0 Å². The third kappa shape index (κ3) is 4.66. The molecule has 0 saturated heterocycles. The molecular weight excluding hydrogens is 294 g/mol. The van der Waals surface area contributed by atoms with E-state index in [2.05, 4.69) is 5.32 Å². The van der Waals surface area contributed by atoms with Crippen LogP contribution >= 0.6 is 0 Å². The highest BCUT2D eigenvalue weighted by molar-refractivity contribution is 5.95. The van der Waals surface area contributed by atoms with Crippen molar-refractivity contribution in [3.8, 4) is 5.75 Å². The quantitative estimate of drug-likeness (QED) is 0.683. The third-order valence-corrected chi connectivity index (χ3v) is 3.61. The molecular formula is C18H19NO4. The molecule has 2 aromatic carbocycles. The number of ketones is 1. The molecule has 0 aliphatic rings. The number of phenols is 1. The number of benzene rings is 2. The summed E-state index contributed by atoms with van der Waals surface area (Å²) in [5, 5.41) is 21.6. The van der Waals surface area contributed by atoms with E-state index in [0.717, 1.165) is 11.1 Å². The summed E-state index contributed by atoms with van der Waals surface area (Å²) < 4.78 is 0. The minimum Gasteiger partial charge on any atom is -0.508 e. The molecule has 0 amide bonds. The molecule has 3 N–H and O–H groups in total. The van der Waals surface area contributed by atoms with Gasteiger partial charge in [-0.15, -0.1) is 0 Å². The highest BCUT2D eigenvalue weighted by atomic mass is 16.4. The first-order valence-electron chi connectivity index (χ1n) is 7.30. The standard InChI is InChI=1S/C18H19NO4/c1-12(20)16-5-3-2-4-14(16)11-19-17(18(22)23)10-13-6-8-15(21)9-7-13/h2-9,17,19,21H,10-11H2,1H3,(H,22,23)/t17-/m0/s1. The Morgan fingerprint density at radius 1 is 1.09 bits per heavy atom. The molecule has 5 nitrogen and oxygen atoms in total. The van der Waals surface area contributed by atoms with Gasteiger partial charge in [-0.1, -0.05) is 36.4 Å². The van der Waals surface area contributed by atoms with Gasteiger partial charge >= 0.3 is 5.97 Å². The van der Waals surface area contributed by atoms with Gasteiger partial charge in [0.1, 0.15) is 11.8 Å². The number of hydrogen-bond acceptors (Lipinski definition) is 4. The van der Waals surface area contributed by atoms with E-state index in [4.69, 9.17) is 0 Å². The second-order valence-corrected chi connectivity index (χ2v) is 5.36. The smallest absolute Gasteiger partial charge is 0.321 e. The van der Waals surface area contributed by atoms with Gasteiger partial charge in [-0.05, 0) is 36.6 Å². The number of aromatic hydroxyl groups is 1. The van der Waals surface area contributed by atoms with Gasteiger partial charge in [-0.2, -0.15) is 0 Å². The van der Waals surface area contributed by atoms with Crippen molar-refractivity contribution >= 4 is 11.8 Å². The fourth-order valence-electron chi connectivity index (χ4n) is 2.37. The van der Waals surface area contributed by atoms with Gasteiger partial charge in [0.2, 0.25) is 0 Å². The van der Waals surface area contributed by atoms with Crippen LogP contribution in [0.4, 0.5) is 0 Å². The molecule has 0 aliphatic heterocycles. The Bertz CT molecular complexity index is 694. The summed E-state index contributed by atoms with van der Waals surface area (Å²) in [7, 11) is 0. The highest BCUT2D eigenvalue weighted by Gasteiger charge is 2.18. The van der Waals surface area contributed by atoms with Crippen molar-refractivity contribution in [3.05, 3.63) is 65.2 Å². The second kappa shape index (κ2) is 7.56. The lowest BCUT2D eigenvalue weighted by Gasteiger charge is -2.16. The molecule has 0 spiro atoms. The number of carboxylic acid groups (broad SMARTS) is 1. The molecule has 0 aromatic heterocycles. The fraction of sp³-hybridized carbons (Fsp3) is 0.222. The second-order valence-electron chi connectivity index (χ2n) is 5.36. The maximum absolute atomic E-state index is 11.6. The van der Waals surface area contributed by atoms with Crippen molar-refractivity contribution in [1.29, 1.82) is 0 Å². The predicted molar refractivity (Wildman–Crippen MR) is 86.5 cm³/mol. The van der Waals surface area contributed by atoms with Gasteiger partial charge in [-0.3, -0.25) is 14.9 Å². The minimum atomic E-state index is -0.960. The van der Waals surface area contributed by atoms with Gasteiger partial charge in [-0.25, -0.2) is 0 Å². The molecule has 2 aromatic rings. The van der Waals surface area contributed by atoms with E-state index >= 15 is 0 Å². The Labute approximate surface area is 134 Å². The molecule has 23 heavy (non-hydrogen) atoms. The topological polar surface area (TPSA) is 86.6 Å². The third-order valence-electron chi connectivity index (χ3n) is 3.61. The Hall–Kier alpha value is -2.66. The van der Waals surface area contributed by atoms with Crippen LogP contribution in [-0.4, -0.2) is 28.0 Å². The first kappa shape index (κ1) is 16.7. The van der Waals surface area contributed by atoms with Crippen molar-refractivity contribution in [1.82, 2.24) is 5.32 Å². The van der Waals surface area contributed by atoms with E-state index in [1.807, 2.05) is 12.1 Å².